The normalized spacial score (nSPS) is 17.0. The predicted octanol–water partition coefficient (Wildman–Crippen LogP) is 3.76. The van der Waals surface area contributed by atoms with Gasteiger partial charge in [-0.3, -0.25) is 0 Å². The summed E-state index contributed by atoms with van der Waals surface area (Å²) in [7, 11) is 0. The van der Waals surface area contributed by atoms with Gasteiger partial charge in [0.1, 0.15) is 11.3 Å². The van der Waals surface area contributed by atoms with Crippen LogP contribution in [0.4, 0.5) is 0 Å². The van der Waals surface area contributed by atoms with Crippen LogP contribution < -0.4 is 0 Å². The van der Waals surface area contributed by atoms with Crippen molar-refractivity contribution in [2.24, 2.45) is 0 Å². The maximum Gasteiger partial charge on any atom is 0.160 e. The van der Waals surface area contributed by atoms with E-state index in [0.717, 1.165) is 30.0 Å². The van der Waals surface area contributed by atoms with E-state index in [1.807, 2.05) is 17.8 Å². The number of alkyl halides is 1. The van der Waals surface area contributed by atoms with E-state index < -0.39 is 0 Å². The van der Waals surface area contributed by atoms with Crippen molar-refractivity contribution in [1.82, 2.24) is 14.5 Å². The number of thioether (sulfide) groups is 1. The van der Waals surface area contributed by atoms with E-state index in [-0.39, 0.29) is 0 Å². The molecule has 0 atom stereocenters. The minimum absolute atomic E-state index is 0.371. The number of pyridine rings is 1. The first-order valence-corrected chi connectivity index (χ1v) is 8.43. The zero-order valence-electron chi connectivity index (χ0n) is 10.7. The average Bonchev–Trinajstić information content (AvgIpc) is 3.10. The molecule has 0 spiro atoms. The molecule has 0 unspecified atom stereocenters. The summed E-state index contributed by atoms with van der Waals surface area (Å²) in [6.07, 6.45) is 7.16. The predicted molar refractivity (Wildman–Crippen MR) is 82.4 cm³/mol. The van der Waals surface area contributed by atoms with E-state index in [1.54, 1.807) is 6.20 Å². The zero-order chi connectivity index (χ0) is 13.5. The van der Waals surface area contributed by atoms with Crippen LogP contribution in [0.25, 0.3) is 11.2 Å². The number of hydrogen-bond donors (Lipinski definition) is 0. The first-order chi connectivity index (χ1) is 9.17. The van der Waals surface area contributed by atoms with E-state index >= 15 is 0 Å². The minimum atomic E-state index is 0.371. The lowest BCUT2D eigenvalue weighted by atomic mass is 10.3. The van der Waals surface area contributed by atoms with Crippen molar-refractivity contribution in [2.75, 3.05) is 12.1 Å². The van der Waals surface area contributed by atoms with Crippen LogP contribution in [0.2, 0.25) is 5.02 Å². The van der Waals surface area contributed by atoms with E-state index in [0.29, 0.717) is 15.6 Å². The van der Waals surface area contributed by atoms with E-state index in [2.05, 4.69) is 20.8 Å². The molecule has 0 N–H and O–H groups in total. The van der Waals surface area contributed by atoms with Crippen molar-refractivity contribution < 1.29 is 0 Å². The number of halogens is 2. The molecule has 2 aromatic heterocycles. The Kier molecular flexibility index (Phi) is 3.67. The van der Waals surface area contributed by atoms with Crippen LogP contribution in [0.15, 0.2) is 12.3 Å². The van der Waals surface area contributed by atoms with Gasteiger partial charge in [0.25, 0.3) is 0 Å². The van der Waals surface area contributed by atoms with Crippen molar-refractivity contribution in [2.45, 2.75) is 30.6 Å². The number of nitrogens with zero attached hydrogens (tertiary/aromatic N) is 3. The summed E-state index contributed by atoms with van der Waals surface area (Å²) in [5, 5.41) is 0.626. The number of rotatable bonds is 5. The molecular weight excluding hydrogens is 301 g/mol. The molecule has 6 heteroatoms. The van der Waals surface area contributed by atoms with Crippen molar-refractivity contribution in [3.63, 3.8) is 0 Å². The largest absolute Gasteiger partial charge is 0.311 e. The fourth-order valence-electron chi connectivity index (χ4n) is 2.33. The highest BCUT2D eigenvalue weighted by Crippen LogP contribution is 2.49. The quantitative estimate of drug-likeness (QED) is 0.787. The second-order valence-corrected chi connectivity index (χ2v) is 7.03. The van der Waals surface area contributed by atoms with Crippen molar-refractivity contribution >= 4 is 46.1 Å². The molecule has 102 valence electrons. The monoisotopic (exact) mass is 315 g/mol. The standard InChI is InChI=1S/C13H15Cl2N3S/c1-19-13(3-4-13)8-18-11(2-5-14)17-10-6-9(15)7-16-12(10)18/h6-7H,2-5,8H2,1H3. The SMILES string of the molecule is CSC1(Cn2c(CCCl)nc3cc(Cl)cnc32)CC1. The minimum Gasteiger partial charge on any atom is -0.311 e. The van der Waals surface area contributed by atoms with E-state index in [9.17, 15) is 0 Å². The summed E-state index contributed by atoms with van der Waals surface area (Å²) in [4.78, 5) is 9.08. The highest BCUT2D eigenvalue weighted by atomic mass is 35.5. The third-order valence-corrected chi connectivity index (χ3v) is 5.43. The van der Waals surface area contributed by atoms with Crippen molar-refractivity contribution in [1.29, 1.82) is 0 Å². The highest BCUT2D eigenvalue weighted by Gasteiger charge is 2.43. The van der Waals surface area contributed by atoms with Gasteiger partial charge in [0, 0.05) is 29.8 Å². The van der Waals surface area contributed by atoms with Gasteiger partial charge in [0.15, 0.2) is 5.65 Å². The van der Waals surface area contributed by atoms with Crippen LogP contribution in [0.3, 0.4) is 0 Å². The summed E-state index contributed by atoms with van der Waals surface area (Å²) >= 11 is 13.8. The van der Waals surface area contributed by atoms with Crippen LogP contribution >= 0.6 is 35.0 Å². The number of aromatic nitrogens is 3. The summed E-state index contributed by atoms with van der Waals surface area (Å²) in [6, 6.07) is 1.87. The lowest BCUT2D eigenvalue weighted by molar-refractivity contribution is 0.640. The Labute approximate surface area is 126 Å². The first-order valence-electron chi connectivity index (χ1n) is 6.29. The Hall–Kier alpha value is -0.450. The molecule has 0 saturated heterocycles. The maximum atomic E-state index is 5.99. The third kappa shape index (κ3) is 2.58. The summed E-state index contributed by atoms with van der Waals surface area (Å²) in [6.45, 7) is 0.964. The summed E-state index contributed by atoms with van der Waals surface area (Å²) in [5.41, 5.74) is 1.79. The van der Waals surface area contributed by atoms with Gasteiger partial charge in [-0.1, -0.05) is 11.6 Å². The van der Waals surface area contributed by atoms with Gasteiger partial charge in [0.2, 0.25) is 0 Å². The number of imidazole rings is 1. The lowest BCUT2D eigenvalue weighted by Gasteiger charge is -2.15. The summed E-state index contributed by atoms with van der Waals surface area (Å²) in [5.74, 6) is 1.59. The molecule has 1 saturated carbocycles. The molecule has 0 amide bonds. The van der Waals surface area contributed by atoms with Crippen LogP contribution in [0.5, 0.6) is 0 Å². The molecule has 0 aliphatic heterocycles. The molecule has 0 aromatic carbocycles. The Morgan fingerprint density at radius 2 is 2.26 bits per heavy atom. The third-order valence-electron chi connectivity index (χ3n) is 3.64. The van der Waals surface area contributed by atoms with Crippen molar-refractivity contribution in [3.05, 3.63) is 23.1 Å². The fourth-order valence-corrected chi connectivity index (χ4v) is 3.42. The van der Waals surface area contributed by atoms with Gasteiger partial charge in [-0.05, 0) is 25.2 Å². The first kappa shape index (κ1) is 13.5. The average molecular weight is 316 g/mol. The van der Waals surface area contributed by atoms with Crippen molar-refractivity contribution in [3.8, 4) is 0 Å². The second-order valence-electron chi connectivity index (χ2n) is 4.94. The van der Waals surface area contributed by atoms with Crippen LogP contribution in [-0.4, -0.2) is 31.4 Å². The number of aryl methyl sites for hydroxylation is 1. The molecule has 0 radical (unpaired) electrons. The van der Waals surface area contributed by atoms with Crippen LogP contribution in [0, 0.1) is 0 Å². The molecule has 2 heterocycles. The van der Waals surface area contributed by atoms with E-state index in [1.165, 1.54) is 12.8 Å². The molecule has 1 aliphatic carbocycles. The van der Waals surface area contributed by atoms with Crippen LogP contribution in [-0.2, 0) is 13.0 Å². The molecule has 19 heavy (non-hydrogen) atoms. The zero-order valence-corrected chi connectivity index (χ0v) is 13.0. The van der Waals surface area contributed by atoms with E-state index in [4.69, 9.17) is 23.2 Å². The Balaban J connectivity index is 2.06. The Morgan fingerprint density at radius 3 is 2.89 bits per heavy atom. The second kappa shape index (κ2) is 5.15. The molecule has 2 aromatic rings. The Bertz CT molecular complexity index is 607. The highest BCUT2D eigenvalue weighted by molar-refractivity contribution is 8.00. The molecular formula is C13H15Cl2N3S. The van der Waals surface area contributed by atoms with Crippen LogP contribution in [0.1, 0.15) is 18.7 Å². The Morgan fingerprint density at radius 1 is 1.47 bits per heavy atom. The summed E-state index contributed by atoms with van der Waals surface area (Å²) < 4.78 is 2.59. The van der Waals surface area contributed by atoms with Gasteiger partial charge in [-0.15, -0.1) is 11.6 Å². The van der Waals surface area contributed by atoms with Gasteiger partial charge in [-0.2, -0.15) is 11.8 Å². The molecule has 1 fully saturated rings. The van der Waals surface area contributed by atoms with Gasteiger partial charge >= 0.3 is 0 Å². The van der Waals surface area contributed by atoms with Gasteiger partial charge in [-0.25, -0.2) is 9.97 Å². The molecule has 3 nitrogen and oxygen atoms in total. The lowest BCUT2D eigenvalue weighted by Crippen LogP contribution is -2.16. The maximum absolute atomic E-state index is 5.99. The van der Waals surface area contributed by atoms with Gasteiger partial charge < -0.3 is 4.57 Å². The van der Waals surface area contributed by atoms with Gasteiger partial charge in [0.05, 0.1) is 5.02 Å². The molecule has 1 aliphatic rings. The topological polar surface area (TPSA) is 30.7 Å². The fraction of sp³-hybridized carbons (Fsp3) is 0.538. The number of hydrogen-bond acceptors (Lipinski definition) is 3. The molecule has 3 rings (SSSR count). The molecule has 0 bridgehead atoms. The number of fused-ring (bicyclic) bond motifs is 1. The smallest absolute Gasteiger partial charge is 0.160 e.